The number of hydrogen-bond donors (Lipinski definition) is 3. The predicted molar refractivity (Wildman–Crippen MR) is 138 cm³/mol. The number of amides is 1. The third-order valence-electron chi connectivity index (χ3n) is 7.38. The van der Waals surface area contributed by atoms with Crippen molar-refractivity contribution in [2.45, 2.75) is 43.7 Å². The fourth-order valence-corrected chi connectivity index (χ4v) is 5.12. The Labute approximate surface area is 214 Å². The summed E-state index contributed by atoms with van der Waals surface area (Å²) in [7, 11) is 0. The highest BCUT2D eigenvalue weighted by atomic mass is 19.1. The van der Waals surface area contributed by atoms with Gasteiger partial charge in [-0.25, -0.2) is 19.3 Å². The van der Waals surface area contributed by atoms with Gasteiger partial charge in [0.15, 0.2) is 11.6 Å². The summed E-state index contributed by atoms with van der Waals surface area (Å²) in [5, 5.41) is 9.41. The van der Waals surface area contributed by atoms with E-state index in [1.807, 2.05) is 12.1 Å². The summed E-state index contributed by atoms with van der Waals surface area (Å²) in [4.78, 5) is 28.5. The zero-order valence-electron chi connectivity index (χ0n) is 20.5. The molecule has 2 aromatic heterocycles. The molecule has 3 N–H and O–H groups in total. The van der Waals surface area contributed by atoms with Gasteiger partial charge in [-0.05, 0) is 61.9 Å². The number of hydrogen-bond acceptors (Lipinski definition) is 8. The Morgan fingerprint density at radius 3 is 2.57 bits per heavy atom. The van der Waals surface area contributed by atoms with Gasteiger partial charge >= 0.3 is 0 Å². The van der Waals surface area contributed by atoms with E-state index < -0.39 is 11.4 Å². The third kappa shape index (κ3) is 4.93. The molecule has 1 amide bonds. The lowest BCUT2D eigenvalue weighted by Crippen LogP contribution is -2.53. The maximum Gasteiger partial charge on any atom is 0.240 e. The van der Waals surface area contributed by atoms with Gasteiger partial charge in [0.05, 0.1) is 5.69 Å². The fraction of sp³-hybridized carbons (Fsp3) is 0.407. The van der Waals surface area contributed by atoms with Crippen LogP contribution < -0.4 is 20.7 Å². The lowest BCUT2D eigenvalue weighted by Gasteiger charge is -2.37. The van der Waals surface area contributed by atoms with E-state index in [1.165, 1.54) is 0 Å². The minimum absolute atomic E-state index is 0.100. The molecule has 1 saturated heterocycles. The number of rotatable bonds is 0. The first-order valence-electron chi connectivity index (χ1n) is 12.9. The van der Waals surface area contributed by atoms with Crippen LogP contribution in [0.5, 0.6) is 5.75 Å². The second-order valence-corrected chi connectivity index (χ2v) is 9.84. The minimum Gasteiger partial charge on any atom is -0.487 e. The van der Waals surface area contributed by atoms with Crippen LogP contribution in [0.1, 0.15) is 32.1 Å². The van der Waals surface area contributed by atoms with Crippen molar-refractivity contribution in [2.75, 3.05) is 36.8 Å². The smallest absolute Gasteiger partial charge is 0.240 e. The van der Waals surface area contributed by atoms with Gasteiger partial charge in [0.1, 0.15) is 17.5 Å². The summed E-state index contributed by atoms with van der Waals surface area (Å²) in [5.41, 5.74) is 1.57. The number of halogens is 1. The Hall–Kier alpha value is -3.79. The summed E-state index contributed by atoms with van der Waals surface area (Å²) in [6, 6.07) is 8.78. The van der Waals surface area contributed by atoms with E-state index in [9.17, 15) is 4.79 Å². The number of ether oxygens (including phenoxy) is 1. The molecule has 37 heavy (non-hydrogen) atoms. The highest BCUT2D eigenvalue weighted by molar-refractivity contribution is 5.89. The van der Waals surface area contributed by atoms with Crippen molar-refractivity contribution in [3.63, 3.8) is 0 Å². The highest BCUT2D eigenvalue weighted by Crippen LogP contribution is 2.43. The maximum atomic E-state index is 15.4. The van der Waals surface area contributed by atoms with E-state index in [2.05, 4.69) is 35.8 Å². The largest absolute Gasteiger partial charge is 0.487 e. The molecule has 3 aromatic rings. The topological polar surface area (TPSA) is 104 Å². The molecule has 0 radical (unpaired) electrons. The lowest BCUT2D eigenvalue weighted by molar-refractivity contribution is -0.129. The Bertz CT molecular complexity index is 1270. The quantitative estimate of drug-likeness (QED) is 0.426. The number of carbonyl (C=O) groups excluding carboxylic acids is 1. The summed E-state index contributed by atoms with van der Waals surface area (Å²) in [5.74, 6) is 0.905. The predicted octanol–water partition coefficient (Wildman–Crippen LogP) is 3.73. The molecule has 10 heteroatoms. The molecule has 1 saturated carbocycles. The molecule has 1 aromatic carbocycles. The van der Waals surface area contributed by atoms with Crippen molar-refractivity contribution in [3.8, 4) is 16.9 Å². The van der Waals surface area contributed by atoms with E-state index in [0.717, 1.165) is 56.3 Å². The molecule has 2 fully saturated rings. The van der Waals surface area contributed by atoms with Crippen LogP contribution in [0.4, 0.5) is 21.8 Å². The van der Waals surface area contributed by atoms with Gasteiger partial charge in [0, 0.05) is 50.3 Å². The molecule has 9 rings (SSSR count). The summed E-state index contributed by atoms with van der Waals surface area (Å²) in [6.45, 7) is 2.75. The number of benzene rings is 1. The zero-order chi connectivity index (χ0) is 25.2. The number of pyridine rings is 1. The molecular weight excluding hydrogens is 473 g/mol. The van der Waals surface area contributed by atoms with Gasteiger partial charge in [0.25, 0.3) is 0 Å². The summed E-state index contributed by atoms with van der Waals surface area (Å²) >= 11 is 0. The molecule has 0 unspecified atom stereocenters. The Balaban J connectivity index is 1.26. The van der Waals surface area contributed by atoms with Crippen LogP contribution in [0.25, 0.3) is 11.1 Å². The van der Waals surface area contributed by atoms with Crippen molar-refractivity contribution in [1.82, 2.24) is 25.2 Å². The second-order valence-electron chi connectivity index (χ2n) is 9.84. The zero-order valence-corrected chi connectivity index (χ0v) is 20.5. The number of piperidine rings is 1. The molecule has 9 nitrogen and oxygen atoms in total. The first-order valence-corrected chi connectivity index (χ1v) is 12.9. The van der Waals surface area contributed by atoms with E-state index in [1.54, 1.807) is 36.8 Å². The monoisotopic (exact) mass is 503 g/mol. The summed E-state index contributed by atoms with van der Waals surface area (Å²) in [6.07, 6.45) is 9.05. The van der Waals surface area contributed by atoms with E-state index >= 15 is 4.39 Å². The molecule has 1 aliphatic carbocycles. The third-order valence-corrected chi connectivity index (χ3v) is 7.38. The van der Waals surface area contributed by atoms with Gasteiger partial charge in [-0.1, -0.05) is 6.07 Å². The van der Waals surface area contributed by atoms with Crippen molar-refractivity contribution in [2.24, 2.45) is 0 Å². The summed E-state index contributed by atoms with van der Waals surface area (Å²) < 4.78 is 21.5. The van der Waals surface area contributed by atoms with E-state index in [-0.39, 0.29) is 17.8 Å². The van der Waals surface area contributed by atoms with Crippen molar-refractivity contribution in [1.29, 1.82) is 0 Å². The van der Waals surface area contributed by atoms with E-state index in [0.29, 0.717) is 30.5 Å². The molecule has 1 spiro atoms. The van der Waals surface area contributed by atoms with Gasteiger partial charge in [-0.15, -0.1) is 0 Å². The van der Waals surface area contributed by atoms with Gasteiger partial charge in [0.2, 0.25) is 11.9 Å². The molecule has 7 heterocycles. The molecular formula is C27H30FN7O2. The number of aromatic nitrogens is 3. The number of anilines is 3. The van der Waals surface area contributed by atoms with Crippen LogP contribution in [0.2, 0.25) is 0 Å². The molecule has 192 valence electrons. The van der Waals surface area contributed by atoms with Crippen molar-refractivity contribution >= 4 is 23.4 Å². The highest BCUT2D eigenvalue weighted by Gasteiger charge is 2.54. The fourth-order valence-electron chi connectivity index (χ4n) is 5.12. The average Bonchev–Trinajstić information content (AvgIpc) is 3.73. The van der Waals surface area contributed by atoms with Gasteiger partial charge in [-0.3, -0.25) is 9.69 Å². The van der Waals surface area contributed by atoms with E-state index in [4.69, 9.17) is 4.74 Å². The van der Waals surface area contributed by atoms with Crippen molar-refractivity contribution < 1.29 is 13.9 Å². The normalized spacial score (nSPS) is 22.9. The Kier molecular flexibility index (Phi) is 6.33. The number of nitrogens with one attached hydrogen (secondary N) is 3. The van der Waals surface area contributed by atoms with Crippen molar-refractivity contribution in [3.05, 3.63) is 54.7 Å². The van der Waals surface area contributed by atoms with Crippen LogP contribution >= 0.6 is 0 Å². The number of nitrogens with zero attached hydrogens (tertiary/aromatic N) is 4. The Morgan fingerprint density at radius 2 is 1.78 bits per heavy atom. The van der Waals surface area contributed by atoms with Crippen LogP contribution in [-0.4, -0.2) is 63.6 Å². The molecule has 5 aliphatic heterocycles. The standard InChI is InChI=1S/C27H30FN7O2/c28-24-21-3-1-4-22(24)37-20-6-13-35(14-7-20)27(8-9-27)25(36)30-10-2-11-31-26-32-16-19(17-33-26)18-5-12-29-23(15-18)34-21/h1,3-5,12,15-17,20H,2,6-11,13-14H2,(H,29,34)(H,30,36)(H,31,32,33). The van der Waals surface area contributed by atoms with Crippen LogP contribution in [0.3, 0.4) is 0 Å². The van der Waals surface area contributed by atoms with Crippen LogP contribution in [-0.2, 0) is 4.79 Å². The Morgan fingerprint density at radius 1 is 1.00 bits per heavy atom. The SMILES string of the molecule is O=C1NCCCNc2ncc(cn2)-c2ccnc(c2)Nc2cccc(c2F)OC2CCN(CC2)C12CC2. The lowest BCUT2D eigenvalue weighted by atomic mass is 10.0. The number of carbonyl (C=O) groups is 1. The second kappa shape index (κ2) is 9.93. The van der Waals surface area contributed by atoms with Crippen LogP contribution in [0, 0.1) is 5.82 Å². The first-order chi connectivity index (χ1) is 18.1. The first kappa shape index (κ1) is 23.6. The average molecular weight is 504 g/mol. The van der Waals surface area contributed by atoms with Gasteiger partial charge in [-0.2, -0.15) is 0 Å². The molecule has 8 bridgehead atoms. The molecule has 6 aliphatic rings. The maximum absolute atomic E-state index is 15.4. The minimum atomic E-state index is -0.452. The van der Waals surface area contributed by atoms with Crippen LogP contribution in [0.15, 0.2) is 48.9 Å². The molecule has 0 atom stereocenters. The van der Waals surface area contributed by atoms with Gasteiger partial charge < -0.3 is 20.7 Å².